The smallest absolute Gasteiger partial charge is 0.249 e. The lowest BCUT2D eigenvalue weighted by molar-refractivity contribution is -0.152. The number of nitrogens with one attached hydrogen (secondary N) is 2. The number of fused-ring (bicyclic) bond motifs is 1. The van der Waals surface area contributed by atoms with Crippen molar-refractivity contribution in [2.45, 2.75) is 42.1 Å². The molecule has 0 aliphatic carbocycles. The first kappa shape index (κ1) is 17.9. The van der Waals surface area contributed by atoms with Crippen molar-refractivity contribution >= 4 is 23.6 Å². The van der Waals surface area contributed by atoms with Crippen molar-refractivity contribution < 1.29 is 14.0 Å². The molecule has 2 aliphatic rings. The number of aromatic amines is 1. The summed E-state index contributed by atoms with van der Waals surface area (Å²) >= 11 is 1.54. The fourth-order valence-electron chi connectivity index (χ4n) is 3.56. The minimum absolute atomic E-state index is 0.0858. The predicted molar refractivity (Wildman–Crippen MR) is 94.5 cm³/mol. The van der Waals surface area contributed by atoms with E-state index in [4.69, 9.17) is 5.73 Å². The van der Waals surface area contributed by atoms with Crippen molar-refractivity contribution in [3.8, 4) is 0 Å². The Morgan fingerprint density at radius 2 is 2.19 bits per heavy atom. The summed E-state index contributed by atoms with van der Waals surface area (Å²) in [5, 5.41) is 16.4. The number of hydrogen-bond acceptors (Lipinski definition) is 7. The highest BCUT2D eigenvalue weighted by Gasteiger charge is 2.63. The van der Waals surface area contributed by atoms with E-state index in [2.05, 4.69) is 25.9 Å². The molecule has 3 unspecified atom stereocenters. The number of nitrogens with zero attached hydrogens (tertiary/aromatic N) is 4. The van der Waals surface area contributed by atoms with Crippen LogP contribution in [-0.4, -0.2) is 53.5 Å². The lowest BCUT2D eigenvalue weighted by Gasteiger charge is -2.44. The van der Waals surface area contributed by atoms with Crippen LogP contribution in [0.4, 0.5) is 4.39 Å². The number of amides is 2. The predicted octanol–water partition coefficient (Wildman–Crippen LogP) is 0.258. The van der Waals surface area contributed by atoms with Gasteiger partial charge in [-0.1, -0.05) is 23.4 Å². The van der Waals surface area contributed by atoms with Gasteiger partial charge in [0.2, 0.25) is 11.8 Å². The lowest BCUT2D eigenvalue weighted by Crippen LogP contribution is -2.68. The number of β-lactam (4-membered cyclic amide) rings is 1. The Hall–Kier alpha value is -2.53. The maximum absolute atomic E-state index is 13.9. The minimum Gasteiger partial charge on any atom is -0.340 e. The second-order valence-electron chi connectivity index (χ2n) is 7.02. The van der Waals surface area contributed by atoms with Crippen molar-refractivity contribution in [2.24, 2.45) is 5.73 Å². The molecule has 4 atom stereocenters. The van der Waals surface area contributed by atoms with Gasteiger partial charge in [-0.15, -0.1) is 22.0 Å². The zero-order chi connectivity index (χ0) is 19.3. The Morgan fingerprint density at radius 1 is 1.44 bits per heavy atom. The Bertz CT molecular complexity index is 891. The zero-order valence-electron chi connectivity index (χ0n) is 14.6. The zero-order valence-corrected chi connectivity index (χ0v) is 15.4. The van der Waals surface area contributed by atoms with E-state index >= 15 is 0 Å². The molecule has 0 radical (unpaired) electrons. The van der Waals surface area contributed by atoms with Gasteiger partial charge in [-0.25, -0.2) is 4.39 Å². The third-order valence-electron chi connectivity index (χ3n) is 4.87. The summed E-state index contributed by atoms with van der Waals surface area (Å²) in [7, 11) is 0. The fraction of sp³-hybridized carbons (Fsp3) is 0.438. The van der Waals surface area contributed by atoms with Crippen LogP contribution in [-0.2, 0) is 9.59 Å². The summed E-state index contributed by atoms with van der Waals surface area (Å²) in [4.78, 5) is 26.8. The first-order valence-corrected chi connectivity index (χ1v) is 9.23. The quantitative estimate of drug-likeness (QED) is 0.637. The first-order valence-electron chi connectivity index (χ1n) is 8.35. The van der Waals surface area contributed by atoms with Crippen LogP contribution in [0.15, 0.2) is 24.3 Å². The van der Waals surface area contributed by atoms with Crippen LogP contribution in [0.3, 0.4) is 0 Å². The van der Waals surface area contributed by atoms with Crippen molar-refractivity contribution in [2.75, 3.05) is 0 Å². The minimum atomic E-state index is -1.19. The van der Waals surface area contributed by atoms with Gasteiger partial charge in [-0.2, -0.15) is 5.21 Å². The molecule has 2 aliphatic heterocycles. The summed E-state index contributed by atoms with van der Waals surface area (Å²) in [6.07, 6.45) is 0. The van der Waals surface area contributed by atoms with E-state index in [1.807, 2.05) is 13.8 Å². The van der Waals surface area contributed by atoms with E-state index in [0.29, 0.717) is 5.82 Å². The van der Waals surface area contributed by atoms with Crippen molar-refractivity contribution in [3.05, 3.63) is 41.5 Å². The second kappa shape index (κ2) is 6.27. The van der Waals surface area contributed by atoms with Crippen LogP contribution >= 0.6 is 11.8 Å². The molecule has 2 saturated heterocycles. The molecule has 1 aromatic heterocycles. The summed E-state index contributed by atoms with van der Waals surface area (Å²) < 4.78 is 13.5. The highest BCUT2D eigenvalue weighted by molar-refractivity contribution is 8.01. The van der Waals surface area contributed by atoms with Gasteiger partial charge in [-0.05, 0) is 19.9 Å². The van der Waals surface area contributed by atoms with Crippen LogP contribution in [0.2, 0.25) is 0 Å². The number of thioether (sulfide) groups is 1. The highest BCUT2D eigenvalue weighted by Crippen LogP contribution is 2.56. The van der Waals surface area contributed by atoms with Crippen LogP contribution in [0.1, 0.15) is 37.3 Å². The van der Waals surface area contributed by atoms with Gasteiger partial charge in [0.1, 0.15) is 29.3 Å². The van der Waals surface area contributed by atoms with Crippen molar-refractivity contribution in [3.63, 3.8) is 0 Å². The Balaban J connectivity index is 1.50. The number of carbonyl (C=O) groups excluding carboxylic acids is 2. The van der Waals surface area contributed by atoms with Gasteiger partial charge in [-0.3, -0.25) is 9.59 Å². The van der Waals surface area contributed by atoms with E-state index in [9.17, 15) is 14.0 Å². The molecule has 2 fully saturated rings. The van der Waals surface area contributed by atoms with Gasteiger partial charge in [0.25, 0.3) is 0 Å². The number of H-pyrrole nitrogens is 1. The van der Waals surface area contributed by atoms with Gasteiger partial charge in [0.15, 0.2) is 5.82 Å². The van der Waals surface area contributed by atoms with Crippen molar-refractivity contribution in [1.82, 2.24) is 30.8 Å². The molecular formula is C16H18FN7O2S. The van der Waals surface area contributed by atoms with Crippen LogP contribution in [0.5, 0.6) is 0 Å². The highest BCUT2D eigenvalue weighted by atomic mass is 32.2. The normalized spacial score (nSPS) is 27.0. The Labute approximate surface area is 158 Å². The summed E-state index contributed by atoms with van der Waals surface area (Å²) in [6.45, 7) is 3.96. The van der Waals surface area contributed by atoms with E-state index in [-0.39, 0.29) is 27.6 Å². The van der Waals surface area contributed by atoms with Crippen LogP contribution in [0, 0.1) is 5.82 Å². The molecule has 11 heteroatoms. The molecule has 0 spiro atoms. The number of nitrogens with two attached hydrogens (primary N) is 1. The van der Waals surface area contributed by atoms with E-state index in [1.165, 1.54) is 18.2 Å². The molecule has 4 N–H and O–H groups in total. The Morgan fingerprint density at radius 3 is 2.85 bits per heavy atom. The maximum atomic E-state index is 13.9. The summed E-state index contributed by atoms with van der Waals surface area (Å²) in [6, 6.07) is 3.54. The number of tetrazole rings is 1. The number of carbonyl (C=O) groups is 2. The average Bonchev–Trinajstić information content (AvgIpc) is 3.23. The number of aromatic nitrogens is 4. The molecule has 0 bridgehead atoms. The number of halogens is 1. The summed E-state index contributed by atoms with van der Waals surface area (Å²) in [5.74, 6) is -0.979. The third-order valence-corrected chi connectivity index (χ3v) is 6.44. The van der Waals surface area contributed by atoms with Crippen LogP contribution in [0.25, 0.3) is 0 Å². The largest absolute Gasteiger partial charge is 0.340 e. The SMILES string of the molecule is CC1(C)S[C@H]2C(NC(=O)C(N)c3ccccc3F)C(=O)N2C1c1nn[nH]n1. The molecule has 1 aromatic carbocycles. The summed E-state index contributed by atoms with van der Waals surface area (Å²) in [5.41, 5.74) is 5.98. The molecular weight excluding hydrogens is 373 g/mol. The molecule has 2 amide bonds. The lowest BCUT2D eigenvalue weighted by atomic mass is 9.95. The first-order chi connectivity index (χ1) is 12.8. The van der Waals surface area contributed by atoms with E-state index in [0.717, 1.165) is 0 Å². The second-order valence-corrected chi connectivity index (χ2v) is 8.79. The molecule has 142 valence electrons. The molecule has 0 saturated carbocycles. The molecule has 27 heavy (non-hydrogen) atoms. The number of hydrogen-bond donors (Lipinski definition) is 3. The van der Waals surface area contributed by atoms with Gasteiger partial charge in [0, 0.05) is 10.3 Å². The topological polar surface area (TPSA) is 130 Å². The number of rotatable bonds is 4. The van der Waals surface area contributed by atoms with Crippen LogP contribution < -0.4 is 11.1 Å². The molecule has 2 aromatic rings. The maximum Gasteiger partial charge on any atom is 0.249 e. The third kappa shape index (κ3) is 2.77. The molecule has 9 nitrogen and oxygen atoms in total. The van der Waals surface area contributed by atoms with E-state index < -0.39 is 23.8 Å². The van der Waals surface area contributed by atoms with Gasteiger partial charge < -0.3 is 16.0 Å². The standard InChI is InChI=1S/C16H18FN7O2S/c1-16(2)11(12-20-22-23-21-12)24-14(26)10(15(24)27-16)19-13(25)9(18)7-5-3-4-6-8(7)17/h3-6,9-11,15H,18H2,1-2H3,(H,19,25)(H,20,21,22,23)/t9?,10?,11?,15-/m0/s1. The fourth-order valence-corrected chi connectivity index (χ4v) is 5.19. The van der Waals surface area contributed by atoms with Gasteiger partial charge in [0.05, 0.1) is 0 Å². The number of benzene rings is 1. The van der Waals surface area contributed by atoms with Gasteiger partial charge >= 0.3 is 0 Å². The average molecular weight is 391 g/mol. The molecule has 3 heterocycles. The Kier molecular flexibility index (Phi) is 4.15. The van der Waals surface area contributed by atoms with Crippen molar-refractivity contribution in [1.29, 1.82) is 0 Å². The molecule has 4 rings (SSSR count). The van der Waals surface area contributed by atoms with E-state index in [1.54, 1.807) is 22.7 Å². The monoisotopic (exact) mass is 391 g/mol.